The van der Waals surface area contributed by atoms with Crippen molar-refractivity contribution < 1.29 is 14.3 Å². The fourth-order valence-corrected chi connectivity index (χ4v) is 4.04. The standard InChI is InChI=1S/C21H24N6O3/c1-26-18-9-16(19(8-14(18)10-23-26)27-7-4-15(28)11-27)24-20(29)17-12-30-21(25-17)13-2-5-22-6-3-13/h2,8-10,12,15,22,28H,3-7,11H2,1H3,(H,24,29)/t15-/m0/s1. The van der Waals surface area contributed by atoms with Crippen LogP contribution >= 0.6 is 0 Å². The van der Waals surface area contributed by atoms with E-state index in [-0.39, 0.29) is 17.7 Å². The highest BCUT2D eigenvalue weighted by molar-refractivity contribution is 6.06. The molecule has 2 aromatic heterocycles. The summed E-state index contributed by atoms with van der Waals surface area (Å²) in [4.78, 5) is 19.4. The first kappa shape index (κ1) is 18.8. The van der Waals surface area contributed by atoms with Gasteiger partial charge in [0.05, 0.1) is 29.2 Å². The molecule has 1 aromatic carbocycles. The molecule has 9 heteroatoms. The molecule has 0 unspecified atom stereocenters. The van der Waals surface area contributed by atoms with Crippen LogP contribution in [-0.2, 0) is 7.05 Å². The van der Waals surface area contributed by atoms with Crippen molar-refractivity contribution in [2.24, 2.45) is 7.05 Å². The highest BCUT2D eigenvalue weighted by Gasteiger charge is 2.25. The number of hydrogen-bond donors (Lipinski definition) is 3. The van der Waals surface area contributed by atoms with Crippen molar-refractivity contribution in [3.63, 3.8) is 0 Å². The van der Waals surface area contributed by atoms with Gasteiger partial charge in [-0.25, -0.2) is 4.98 Å². The molecule has 156 valence electrons. The van der Waals surface area contributed by atoms with E-state index in [0.717, 1.165) is 48.2 Å². The van der Waals surface area contributed by atoms with Crippen LogP contribution in [-0.4, -0.2) is 58.1 Å². The average molecular weight is 408 g/mol. The number of carbonyl (C=O) groups is 1. The van der Waals surface area contributed by atoms with Gasteiger partial charge in [0, 0.05) is 37.6 Å². The molecule has 0 spiro atoms. The average Bonchev–Trinajstić information content (AvgIpc) is 3.49. The van der Waals surface area contributed by atoms with Gasteiger partial charge in [0.25, 0.3) is 5.91 Å². The Kier molecular flexibility index (Phi) is 4.76. The highest BCUT2D eigenvalue weighted by Crippen LogP contribution is 2.34. The molecule has 3 aromatic rings. The molecular formula is C21H24N6O3. The van der Waals surface area contributed by atoms with Crippen LogP contribution in [0.25, 0.3) is 16.5 Å². The molecule has 0 radical (unpaired) electrons. The number of oxazole rings is 1. The van der Waals surface area contributed by atoms with Crippen LogP contribution in [0.4, 0.5) is 11.4 Å². The molecule has 0 saturated carbocycles. The van der Waals surface area contributed by atoms with Crippen molar-refractivity contribution in [2.75, 3.05) is 36.4 Å². The third-order valence-electron chi connectivity index (χ3n) is 5.69. The number of aliphatic hydroxyl groups excluding tert-OH is 1. The molecule has 9 nitrogen and oxygen atoms in total. The molecule has 1 amide bonds. The normalized spacial score (nSPS) is 19.3. The van der Waals surface area contributed by atoms with E-state index in [1.807, 2.05) is 25.3 Å². The van der Waals surface area contributed by atoms with E-state index in [0.29, 0.717) is 24.5 Å². The van der Waals surface area contributed by atoms with Crippen molar-refractivity contribution in [2.45, 2.75) is 18.9 Å². The second-order valence-electron chi connectivity index (χ2n) is 7.76. The predicted molar refractivity (Wildman–Crippen MR) is 113 cm³/mol. The van der Waals surface area contributed by atoms with Crippen LogP contribution < -0.4 is 15.5 Å². The number of anilines is 2. The number of aromatic nitrogens is 3. The zero-order valence-electron chi connectivity index (χ0n) is 16.8. The summed E-state index contributed by atoms with van der Waals surface area (Å²) >= 11 is 0. The lowest BCUT2D eigenvalue weighted by Crippen LogP contribution is -2.23. The van der Waals surface area contributed by atoms with E-state index in [2.05, 4.69) is 25.6 Å². The number of hydrogen-bond acceptors (Lipinski definition) is 7. The van der Waals surface area contributed by atoms with Gasteiger partial charge in [0.1, 0.15) is 6.26 Å². The molecule has 1 fully saturated rings. The van der Waals surface area contributed by atoms with Gasteiger partial charge < -0.3 is 25.1 Å². The van der Waals surface area contributed by atoms with E-state index in [1.165, 1.54) is 6.26 Å². The summed E-state index contributed by atoms with van der Waals surface area (Å²) in [6, 6.07) is 3.92. The Morgan fingerprint density at radius 3 is 3.07 bits per heavy atom. The lowest BCUT2D eigenvalue weighted by atomic mass is 10.1. The number of amides is 1. The first-order chi connectivity index (χ1) is 14.6. The van der Waals surface area contributed by atoms with E-state index in [9.17, 15) is 9.90 Å². The molecule has 0 bridgehead atoms. The van der Waals surface area contributed by atoms with Gasteiger partial charge in [-0.3, -0.25) is 9.48 Å². The fraction of sp³-hybridized carbons (Fsp3) is 0.381. The van der Waals surface area contributed by atoms with Crippen LogP contribution in [0.2, 0.25) is 0 Å². The van der Waals surface area contributed by atoms with Crippen LogP contribution in [0, 0.1) is 0 Å². The molecule has 5 rings (SSSR count). The zero-order chi connectivity index (χ0) is 20.7. The Bertz CT molecular complexity index is 1130. The van der Waals surface area contributed by atoms with Gasteiger partial charge in [-0.1, -0.05) is 6.08 Å². The van der Waals surface area contributed by atoms with E-state index in [4.69, 9.17) is 4.42 Å². The number of aryl methyl sites for hydroxylation is 1. The van der Waals surface area contributed by atoms with Gasteiger partial charge in [-0.05, 0) is 31.5 Å². The zero-order valence-corrected chi connectivity index (χ0v) is 16.8. The Labute approximate surface area is 173 Å². The van der Waals surface area contributed by atoms with Crippen molar-refractivity contribution in [3.05, 3.63) is 42.3 Å². The maximum Gasteiger partial charge on any atom is 0.277 e. The van der Waals surface area contributed by atoms with Gasteiger partial charge in [-0.15, -0.1) is 0 Å². The number of fused-ring (bicyclic) bond motifs is 1. The second-order valence-corrected chi connectivity index (χ2v) is 7.76. The maximum atomic E-state index is 12.9. The lowest BCUT2D eigenvalue weighted by Gasteiger charge is -2.22. The molecule has 0 aliphatic carbocycles. The number of benzene rings is 1. The first-order valence-electron chi connectivity index (χ1n) is 10.1. The molecule has 1 saturated heterocycles. The Morgan fingerprint density at radius 1 is 1.40 bits per heavy atom. The first-order valence-corrected chi connectivity index (χ1v) is 10.1. The smallest absolute Gasteiger partial charge is 0.277 e. The molecule has 30 heavy (non-hydrogen) atoms. The number of nitrogens with one attached hydrogen (secondary N) is 2. The minimum Gasteiger partial charge on any atom is -0.444 e. The van der Waals surface area contributed by atoms with Crippen LogP contribution in [0.5, 0.6) is 0 Å². The van der Waals surface area contributed by atoms with Gasteiger partial charge >= 0.3 is 0 Å². The summed E-state index contributed by atoms with van der Waals surface area (Å²) in [5.41, 5.74) is 3.69. The molecule has 4 heterocycles. The molecule has 2 aliphatic heterocycles. The van der Waals surface area contributed by atoms with Crippen molar-refractivity contribution in [1.82, 2.24) is 20.1 Å². The monoisotopic (exact) mass is 408 g/mol. The topological polar surface area (TPSA) is 108 Å². The lowest BCUT2D eigenvalue weighted by molar-refractivity contribution is 0.102. The fourth-order valence-electron chi connectivity index (χ4n) is 4.04. The number of carbonyl (C=O) groups excluding carboxylic acids is 1. The Balaban J connectivity index is 1.45. The number of aliphatic hydroxyl groups is 1. The van der Waals surface area contributed by atoms with Crippen molar-refractivity contribution >= 4 is 33.8 Å². The van der Waals surface area contributed by atoms with E-state index >= 15 is 0 Å². The van der Waals surface area contributed by atoms with Crippen molar-refractivity contribution in [3.8, 4) is 0 Å². The van der Waals surface area contributed by atoms with Gasteiger partial charge in [0.2, 0.25) is 5.89 Å². The third-order valence-corrected chi connectivity index (χ3v) is 5.69. The Morgan fingerprint density at radius 2 is 2.30 bits per heavy atom. The third kappa shape index (κ3) is 3.46. The van der Waals surface area contributed by atoms with Crippen molar-refractivity contribution in [1.29, 1.82) is 0 Å². The summed E-state index contributed by atoms with van der Waals surface area (Å²) in [5.74, 6) is 0.161. The summed E-state index contributed by atoms with van der Waals surface area (Å²) < 4.78 is 7.33. The summed E-state index contributed by atoms with van der Waals surface area (Å²) in [5, 5.41) is 21.5. The summed E-state index contributed by atoms with van der Waals surface area (Å²) in [6.45, 7) is 2.90. The number of β-amino-alcohol motifs (C(OH)–C–C–N with tert-alkyl or cyclic N) is 1. The van der Waals surface area contributed by atoms with Gasteiger partial charge in [-0.2, -0.15) is 5.10 Å². The highest BCUT2D eigenvalue weighted by atomic mass is 16.3. The number of nitrogens with zero attached hydrogens (tertiary/aromatic N) is 4. The maximum absolute atomic E-state index is 12.9. The largest absolute Gasteiger partial charge is 0.444 e. The number of rotatable bonds is 4. The van der Waals surface area contributed by atoms with Gasteiger partial charge in [0.15, 0.2) is 5.69 Å². The SMILES string of the molecule is Cn1ncc2cc(N3CC[C@H](O)C3)c(NC(=O)c3coc(C4=CCNCC4)n3)cc21. The molecule has 3 N–H and O–H groups in total. The van der Waals surface area contributed by atoms with Crippen LogP contribution in [0.15, 0.2) is 35.1 Å². The predicted octanol–water partition coefficient (Wildman–Crippen LogP) is 1.76. The summed E-state index contributed by atoms with van der Waals surface area (Å²) in [6.07, 6.45) is 6.39. The quantitative estimate of drug-likeness (QED) is 0.604. The molecule has 1 atom stereocenters. The van der Waals surface area contributed by atoms with E-state index in [1.54, 1.807) is 10.9 Å². The minimum absolute atomic E-state index is 0.238. The summed E-state index contributed by atoms with van der Waals surface area (Å²) in [7, 11) is 1.86. The molecular weight excluding hydrogens is 384 g/mol. The van der Waals surface area contributed by atoms with Crippen LogP contribution in [0.3, 0.4) is 0 Å². The molecule has 2 aliphatic rings. The van der Waals surface area contributed by atoms with Crippen LogP contribution in [0.1, 0.15) is 29.2 Å². The Hall–Kier alpha value is -3.17. The second kappa shape index (κ2) is 7.58. The van der Waals surface area contributed by atoms with E-state index < -0.39 is 0 Å². The minimum atomic E-state index is -0.366.